The molecule has 1 heterocycles. The van der Waals surface area contributed by atoms with E-state index in [4.69, 9.17) is 4.74 Å². The van der Waals surface area contributed by atoms with Gasteiger partial charge < -0.3 is 9.64 Å². The zero-order valence-corrected chi connectivity index (χ0v) is 12.5. The number of nitrogens with zero attached hydrogens (tertiary/aromatic N) is 2. The van der Waals surface area contributed by atoms with Crippen LogP contribution in [0.5, 0.6) is 5.75 Å². The Labute approximate surface area is 123 Å². The third kappa shape index (κ3) is 2.89. The third-order valence-electron chi connectivity index (χ3n) is 3.52. The smallest absolute Gasteiger partial charge is 0.308 e. The van der Waals surface area contributed by atoms with Gasteiger partial charge in [0.25, 0.3) is 0 Å². The standard InChI is InChI=1S/C15H18N2O4/c1-9-7-15(20)17(10(2)18)13-6-5-12(21-11(3)19)8-14(13)16(9)4/h5-6,8-9H,7H2,1-4H3/t9-/m0/s1. The summed E-state index contributed by atoms with van der Waals surface area (Å²) in [6, 6.07) is 4.81. The highest BCUT2D eigenvalue weighted by Crippen LogP contribution is 2.37. The molecule has 0 aliphatic carbocycles. The molecule has 1 aromatic carbocycles. The van der Waals surface area contributed by atoms with Crippen molar-refractivity contribution in [3.63, 3.8) is 0 Å². The van der Waals surface area contributed by atoms with Gasteiger partial charge in [-0.15, -0.1) is 0 Å². The van der Waals surface area contributed by atoms with E-state index in [1.807, 2.05) is 18.9 Å². The zero-order chi connectivity index (χ0) is 15.7. The zero-order valence-electron chi connectivity index (χ0n) is 12.5. The van der Waals surface area contributed by atoms with Gasteiger partial charge in [-0.25, -0.2) is 4.90 Å². The number of anilines is 2. The van der Waals surface area contributed by atoms with Gasteiger partial charge in [0.15, 0.2) is 0 Å². The van der Waals surface area contributed by atoms with E-state index < -0.39 is 5.97 Å². The van der Waals surface area contributed by atoms with Crippen LogP contribution >= 0.6 is 0 Å². The predicted molar refractivity (Wildman–Crippen MR) is 78.4 cm³/mol. The molecule has 0 aromatic heterocycles. The summed E-state index contributed by atoms with van der Waals surface area (Å²) >= 11 is 0. The summed E-state index contributed by atoms with van der Waals surface area (Å²) in [4.78, 5) is 38.2. The van der Waals surface area contributed by atoms with Crippen LogP contribution in [0.2, 0.25) is 0 Å². The fourth-order valence-electron chi connectivity index (χ4n) is 2.40. The van der Waals surface area contributed by atoms with E-state index in [2.05, 4.69) is 0 Å². The van der Waals surface area contributed by atoms with E-state index in [0.717, 1.165) is 0 Å². The predicted octanol–water partition coefficient (Wildman–Crippen LogP) is 1.72. The molecule has 1 aliphatic rings. The first-order valence-electron chi connectivity index (χ1n) is 6.70. The number of hydrogen-bond donors (Lipinski definition) is 0. The lowest BCUT2D eigenvalue weighted by molar-refractivity contribution is -0.132. The van der Waals surface area contributed by atoms with Crippen molar-refractivity contribution < 1.29 is 19.1 Å². The number of amides is 2. The monoisotopic (exact) mass is 290 g/mol. The fraction of sp³-hybridized carbons (Fsp3) is 0.400. The number of rotatable bonds is 1. The minimum absolute atomic E-state index is 0.0619. The van der Waals surface area contributed by atoms with Gasteiger partial charge in [-0.2, -0.15) is 0 Å². The highest BCUT2D eigenvalue weighted by Gasteiger charge is 2.31. The topological polar surface area (TPSA) is 66.9 Å². The number of esters is 1. The van der Waals surface area contributed by atoms with E-state index in [1.165, 1.54) is 18.7 Å². The van der Waals surface area contributed by atoms with Gasteiger partial charge in [0.2, 0.25) is 11.8 Å². The normalized spacial score (nSPS) is 18.1. The molecular weight excluding hydrogens is 272 g/mol. The average molecular weight is 290 g/mol. The second kappa shape index (κ2) is 5.55. The van der Waals surface area contributed by atoms with Crippen molar-refractivity contribution >= 4 is 29.2 Å². The molecule has 0 radical (unpaired) electrons. The molecule has 2 amide bonds. The number of carbonyl (C=O) groups excluding carboxylic acids is 3. The second-order valence-corrected chi connectivity index (χ2v) is 5.16. The first-order valence-corrected chi connectivity index (χ1v) is 6.70. The maximum Gasteiger partial charge on any atom is 0.308 e. The second-order valence-electron chi connectivity index (χ2n) is 5.16. The SMILES string of the molecule is CC(=O)Oc1ccc2c(c1)N(C)[C@@H](C)CC(=O)N2C(C)=O. The Kier molecular flexibility index (Phi) is 3.97. The molecule has 6 nitrogen and oxygen atoms in total. The van der Waals surface area contributed by atoms with Crippen molar-refractivity contribution in [1.82, 2.24) is 0 Å². The van der Waals surface area contributed by atoms with Gasteiger partial charge in [0.1, 0.15) is 5.75 Å². The van der Waals surface area contributed by atoms with Crippen molar-refractivity contribution in [2.45, 2.75) is 33.2 Å². The minimum Gasteiger partial charge on any atom is -0.427 e. The lowest BCUT2D eigenvalue weighted by atomic mass is 10.2. The molecule has 112 valence electrons. The molecule has 1 atom stereocenters. The summed E-state index contributed by atoms with van der Waals surface area (Å²) in [6.07, 6.45) is 0.244. The number of benzene rings is 1. The van der Waals surface area contributed by atoms with Crippen molar-refractivity contribution in [3.8, 4) is 5.75 Å². The molecule has 0 N–H and O–H groups in total. The molecule has 0 bridgehead atoms. The Morgan fingerprint density at radius 2 is 1.90 bits per heavy atom. The number of fused-ring (bicyclic) bond motifs is 1. The van der Waals surface area contributed by atoms with Crippen LogP contribution < -0.4 is 14.5 Å². The van der Waals surface area contributed by atoms with Crippen LogP contribution in [-0.4, -0.2) is 30.9 Å². The molecule has 0 saturated carbocycles. The van der Waals surface area contributed by atoms with Gasteiger partial charge in [-0.3, -0.25) is 14.4 Å². The highest BCUT2D eigenvalue weighted by molar-refractivity contribution is 6.16. The number of ether oxygens (including phenoxy) is 1. The fourth-order valence-corrected chi connectivity index (χ4v) is 2.40. The largest absolute Gasteiger partial charge is 0.427 e. The summed E-state index contributed by atoms with van der Waals surface area (Å²) in [5.41, 5.74) is 1.19. The summed E-state index contributed by atoms with van der Waals surface area (Å²) < 4.78 is 5.07. The number of hydrogen-bond acceptors (Lipinski definition) is 5. The molecule has 21 heavy (non-hydrogen) atoms. The van der Waals surface area contributed by atoms with E-state index in [0.29, 0.717) is 17.1 Å². The first-order chi connectivity index (χ1) is 9.81. The van der Waals surface area contributed by atoms with Crippen molar-refractivity contribution in [2.24, 2.45) is 0 Å². The van der Waals surface area contributed by atoms with Gasteiger partial charge in [-0.05, 0) is 19.1 Å². The quantitative estimate of drug-likeness (QED) is 0.582. The Morgan fingerprint density at radius 1 is 1.24 bits per heavy atom. The molecular formula is C15H18N2O4. The first kappa shape index (κ1) is 15.0. The van der Waals surface area contributed by atoms with E-state index in [1.54, 1.807) is 18.2 Å². The van der Waals surface area contributed by atoms with Crippen LogP contribution in [0.15, 0.2) is 18.2 Å². The number of imide groups is 1. The maximum atomic E-state index is 12.2. The lowest BCUT2D eigenvalue weighted by Crippen LogP contribution is -2.36. The molecule has 1 aromatic rings. The van der Waals surface area contributed by atoms with E-state index >= 15 is 0 Å². The summed E-state index contributed by atoms with van der Waals surface area (Å²) in [6.45, 7) is 4.59. The lowest BCUT2D eigenvalue weighted by Gasteiger charge is -2.25. The van der Waals surface area contributed by atoms with Gasteiger partial charge in [0.05, 0.1) is 11.4 Å². The van der Waals surface area contributed by atoms with Crippen LogP contribution in [0.25, 0.3) is 0 Å². The van der Waals surface area contributed by atoms with Crippen LogP contribution in [-0.2, 0) is 14.4 Å². The van der Waals surface area contributed by atoms with Crippen molar-refractivity contribution in [1.29, 1.82) is 0 Å². The molecule has 0 spiro atoms. The highest BCUT2D eigenvalue weighted by atomic mass is 16.5. The van der Waals surface area contributed by atoms with Crippen molar-refractivity contribution in [3.05, 3.63) is 18.2 Å². The van der Waals surface area contributed by atoms with Gasteiger partial charge >= 0.3 is 5.97 Å². The third-order valence-corrected chi connectivity index (χ3v) is 3.52. The summed E-state index contributed by atoms with van der Waals surface area (Å²) in [7, 11) is 1.85. The Hall–Kier alpha value is -2.37. The minimum atomic E-state index is -0.418. The van der Waals surface area contributed by atoms with Crippen LogP contribution in [0, 0.1) is 0 Å². The van der Waals surface area contributed by atoms with Gasteiger partial charge in [0, 0.05) is 39.4 Å². The van der Waals surface area contributed by atoms with E-state index in [-0.39, 0.29) is 24.3 Å². The molecule has 0 saturated heterocycles. The molecule has 0 unspecified atom stereocenters. The Balaban J connectivity index is 2.57. The molecule has 0 fully saturated rings. The van der Waals surface area contributed by atoms with Crippen molar-refractivity contribution in [2.75, 3.05) is 16.8 Å². The summed E-state index contributed by atoms with van der Waals surface area (Å²) in [5.74, 6) is -0.596. The molecule has 6 heteroatoms. The molecule has 1 aliphatic heterocycles. The Bertz CT molecular complexity index is 612. The molecule has 2 rings (SSSR count). The Morgan fingerprint density at radius 3 is 2.48 bits per heavy atom. The van der Waals surface area contributed by atoms with Gasteiger partial charge in [-0.1, -0.05) is 0 Å². The summed E-state index contributed by atoms with van der Waals surface area (Å²) in [5, 5.41) is 0. The van der Waals surface area contributed by atoms with Crippen LogP contribution in [0.4, 0.5) is 11.4 Å². The van der Waals surface area contributed by atoms with Crippen LogP contribution in [0.1, 0.15) is 27.2 Å². The number of carbonyl (C=O) groups is 3. The average Bonchev–Trinajstić information content (AvgIpc) is 2.46. The van der Waals surface area contributed by atoms with E-state index in [9.17, 15) is 14.4 Å². The maximum absolute atomic E-state index is 12.2. The van der Waals surface area contributed by atoms with Crippen LogP contribution in [0.3, 0.4) is 0 Å².